The van der Waals surface area contributed by atoms with E-state index in [4.69, 9.17) is 16.3 Å². The molecule has 0 aliphatic rings. The molecule has 0 saturated heterocycles. The minimum absolute atomic E-state index is 0.0666. The topological polar surface area (TPSA) is 38.3 Å². The minimum Gasteiger partial charge on any atom is -0.497 e. The summed E-state index contributed by atoms with van der Waals surface area (Å²) in [6.45, 7) is 5.71. The van der Waals surface area contributed by atoms with E-state index < -0.39 is 5.41 Å². The highest BCUT2D eigenvalue weighted by molar-refractivity contribution is 6.30. The lowest BCUT2D eigenvalue weighted by Crippen LogP contribution is -2.34. The first kappa shape index (κ1) is 16.4. The third-order valence-corrected chi connectivity index (χ3v) is 4.05. The number of benzene rings is 2. The van der Waals surface area contributed by atoms with Crippen LogP contribution in [-0.2, 0) is 10.2 Å². The first-order chi connectivity index (χ1) is 10.3. The number of halogens is 1. The van der Waals surface area contributed by atoms with Crippen LogP contribution in [0.4, 0.5) is 5.69 Å². The van der Waals surface area contributed by atoms with Gasteiger partial charge in [0.25, 0.3) is 0 Å². The van der Waals surface area contributed by atoms with E-state index in [1.54, 1.807) is 13.2 Å². The van der Waals surface area contributed by atoms with Gasteiger partial charge in [-0.25, -0.2) is 0 Å². The molecular weight excluding hydrogens is 298 g/mol. The molecule has 0 atom stereocenters. The normalized spacial score (nSPS) is 11.1. The van der Waals surface area contributed by atoms with E-state index >= 15 is 0 Å². The van der Waals surface area contributed by atoms with Crippen LogP contribution in [0.1, 0.15) is 25.0 Å². The molecule has 2 aromatic rings. The van der Waals surface area contributed by atoms with Gasteiger partial charge in [-0.1, -0.05) is 23.7 Å². The number of aryl methyl sites for hydroxylation is 1. The smallest absolute Gasteiger partial charge is 0.234 e. The Balaban J connectivity index is 2.22. The average Bonchev–Trinajstić information content (AvgIpc) is 2.50. The van der Waals surface area contributed by atoms with Crippen molar-refractivity contribution in [2.24, 2.45) is 0 Å². The quantitative estimate of drug-likeness (QED) is 0.896. The van der Waals surface area contributed by atoms with Crippen molar-refractivity contribution in [2.75, 3.05) is 12.4 Å². The molecule has 0 saturated carbocycles. The molecule has 0 unspecified atom stereocenters. The Morgan fingerprint density at radius 3 is 2.32 bits per heavy atom. The first-order valence-corrected chi connectivity index (χ1v) is 7.44. The van der Waals surface area contributed by atoms with Crippen molar-refractivity contribution < 1.29 is 9.53 Å². The van der Waals surface area contributed by atoms with E-state index in [-0.39, 0.29) is 5.91 Å². The zero-order valence-corrected chi connectivity index (χ0v) is 14.0. The Labute approximate surface area is 136 Å². The molecule has 116 valence electrons. The number of anilines is 1. The zero-order chi connectivity index (χ0) is 16.3. The molecule has 0 aliphatic heterocycles. The van der Waals surface area contributed by atoms with Crippen molar-refractivity contribution in [3.05, 3.63) is 58.6 Å². The average molecular weight is 318 g/mol. The van der Waals surface area contributed by atoms with E-state index in [0.717, 1.165) is 22.6 Å². The number of rotatable bonds is 4. The second kappa shape index (κ2) is 6.41. The minimum atomic E-state index is -0.654. The maximum atomic E-state index is 12.7. The second-order valence-corrected chi connectivity index (χ2v) is 6.20. The molecule has 0 radical (unpaired) electrons. The van der Waals surface area contributed by atoms with Crippen LogP contribution >= 0.6 is 11.6 Å². The molecule has 1 amide bonds. The molecule has 22 heavy (non-hydrogen) atoms. The van der Waals surface area contributed by atoms with Gasteiger partial charge in [-0.3, -0.25) is 4.79 Å². The van der Waals surface area contributed by atoms with Crippen LogP contribution in [0.5, 0.6) is 5.75 Å². The van der Waals surface area contributed by atoms with Gasteiger partial charge in [0.15, 0.2) is 0 Å². The fraction of sp³-hybridized carbons (Fsp3) is 0.278. The Morgan fingerprint density at radius 2 is 1.77 bits per heavy atom. The fourth-order valence-electron chi connectivity index (χ4n) is 2.18. The van der Waals surface area contributed by atoms with Crippen LogP contribution in [0.25, 0.3) is 0 Å². The highest BCUT2D eigenvalue weighted by Crippen LogP contribution is 2.28. The van der Waals surface area contributed by atoms with Crippen LogP contribution in [0, 0.1) is 6.92 Å². The van der Waals surface area contributed by atoms with Crippen LogP contribution in [-0.4, -0.2) is 13.0 Å². The maximum absolute atomic E-state index is 12.7. The van der Waals surface area contributed by atoms with Crippen molar-refractivity contribution >= 4 is 23.2 Å². The van der Waals surface area contributed by atoms with Gasteiger partial charge >= 0.3 is 0 Å². The molecule has 0 fully saturated rings. The second-order valence-electron chi connectivity index (χ2n) is 5.77. The lowest BCUT2D eigenvalue weighted by Gasteiger charge is -2.25. The van der Waals surface area contributed by atoms with Gasteiger partial charge in [-0.05, 0) is 62.2 Å². The molecule has 0 spiro atoms. The number of hydrogen-bond donors (Lipinski definition) is 1. The largest absolute Gasteiger partial charge is 0.497 e. The number of hydrogen-bond acceptors (Lipinski definition) is 2. The summed E-state index contributed by atoms with van der Waals surface area (Å²) in [5.74, 6) is 0.705. The Kier molecular flexibility index (Phi) is 4.77. The van der Waals surface area contributed by atoms with Gasteiger partial charge in [0.05, 0.1) is 12.5 Å². The van der Waals surface area contributed by atoms with Gasteiger partial charge in [-0.15, -0.1) is 0 Å². The van der Waals surface area contributed by atoms with Gasteiger partial charge in [0, 0.05) is 10.7 Å². The maximum Gasteiger partial charge on any atom is 0.234 e. The molecule has 0 aromatic heterocycles. The lowest BCUT2D eigenvalue weighted by molar-refractivity contribution is -0.120. The van der Waals surface area contributed by atoms with E-state index in [0.29, 0.717) is 5.02 Å². The zero-order valence-electron chi connectivity index (χ0n) is 13.2. The van der Waals surface area contributed by atoms with Gasteiger partial charge in [-0.2, -0.15) is 0 Å². The standard InChI is InChI=1S/C18H20ClNO2/c1-12-11-14(19)7-10-16(12)20-17(21)18(2,3)13-5-8-15(22-4)9-6-13/h5-11H,1-4H3,(H,20,21). The molecule has 2 aromatic carbocycles. The van der Waals surface area contributed by atoms with Crippen LogP contribution in [0.15, 0.2) is 42.5 Å². The van der Waals surface area contributed by atoms with Crippen molar-refractivity contribution in [3.8, 4) is 5.75 Å². The number of carbonyl (C=O) groups excluding carboxylic acids is 1. The van der Waals surface area contributed by atoms with Gasteiger partial charge in [0.1, 0.15) is 5.75 Å². The summed E-state index contributed by atoms with van der Waals surface area (Å²) in [5, 5.41) is 3.63. The molecule has 0 aliphatic carbocycles. The van der Waals surface area contributed by atoms with Crippen molar-refractivity contribution in [2.45, 2.75) is 26.2 Å². The third kappa shape index (κ3) is 3.42. The van der Waals surface area contributed by atoms with E-state index in [9.17, 15) is 4.79 Å². The SMILES string of the molecule is COc1ccc(C(C)(C)C(=O)Nc2ccc(Cl)cc2C)cc1. The summed E-state index contributed by atoms with van der Waals surface area (Å²) in [6, 6.07) is 13.0. The van der Waals surface area contributed by atoms with Crippen molar-refractivity contribution in [1.29, 1.82) is 0 Å². The molecular formula is C18H20ClNO2. The monoisotopic (exact) mass is 317 g/mol. The van der Waals surface area contributed by atoms with Gasteiger partial charge < -0.3 is 10.1 Å². The van der Waals surface area contributed by atoms with E-state index in [1.807, 2.05) is 57.2 Å². The fourth-order valence-corrected chi connectivity index (χ4v) is 2.41. The van der Waals surface area contributed by atoms with Crippen LogP contribution < -0.4 is 10.1 Å². The molecule has 0 bridgehead atoms. The summed E-state index contributed by atoms with van der Waals surface area (Å²) >= 11 is 5.94. The van der Waals surface area contributed by atoms with Crippen molar-refractivity contribution in [1.82, 2.24) is 0 Å². The predicted octanol–water partition coefficient (Wildman–Crippen LogP) is 4.57. The Morgan fingerprint density at radius 1 is 1.14 bits per heavy atom. The molecule has 4 heteroatoms. The number of amides is 1. The predicted molar refractivity (Wildman–Crippen MR) is 90.8 cm³/mol. The number of carbonyl (C=O) groups is 1. The van der Waals surface area contributed by atoms with Crippen LogP contribution in [0.3, 0.4) is 0 Å². The summed E-state index contributed by atoms with van der Waals surface area (Å²) < 4.78 is 5.15. The first-order valence-electron chi connectivity index (χ1n) is 7.06. The van der Waals surface area contributed by atoms with Gasteiger partial charge in [0.2, 0.25) is 5.91 Å². The summed E-state index contributed by atoms with van der Waals surface area (Å²) in [5.41, 5.74) is 1.98. The Hall–Kier alpha value is -2.00. The van der Waals surface area contributed by atoms with Crippen LogP contribution in [0.2, 0.25) is 5.02 Å². The number of methoxy groups -OCH3 is 1. The summed E-state index contributed by atoms with van der Waals surface area (Å²) in [6.07, 6.45) is 0. The molecule has 2 rings (SSSR count). The molecule has 1 N–H and O–H groups in total. The highest BCUT2D eigenvalue weighted by Gasteiger charge is 2.30. The molecule has 3 nitrogen and oxygen atoms in total. The number of nitrogens with one attached hydrogen (secondary N) is 1. The van der Waals surface area contributed by atoms with E-state index in [1.165, 1.54) is 0 Å². The number of ether oxygens (including phenoxy) is 1. The third-order valence-electron chi connectivity index (χ3n) is 3.82. The Bertz CT molecular complexity index is 678. The molecule has 0 heterocycles. The summed E-state index contributed by atoms with van der Waals surface area (Å²) in [4.78, 5) is 12.7. The lowest BCUT2D eigenvalue weighted by atomic mass is 9.83. The van der Waals surface area contributed by atoms with E-state index in [2.05, 4.69) is 5.32 Å². The highest BCUT2D eigenvalue weighted by atomic mass is 35.5. The summed E-state index contributed by atoms with van der Waals surface area (Å²) in [7, 11) is 1.62. The van der Waals surface area contributed by atoms with Crippen molar-refractivity contribution in [3.63, 3.8) is 0 Å².